The number of halogens is 1. The van der Waals surface area contributed by atoms with Crippen molar-refractivity contribution in [3.05, 3.63) is 66.0 Å². The molecule has 26 heavy (non-hydrogen) atoms. The van der Waals surface area contributed by atoms with Gasteiger partial charge < -0.3 is 15.5 Å². The smallest absolute Gasteiger partial charge is 0.321 e. The Balaban J connectivity index is 1.52. The van der Waals surface area contributed by atoms with E-state index >= 15 is 0 Å². The topological polar surface area (TPSA) is 61.4 Å². The molecule has 0 spiro atoms. The number of hydrogen-bond acceptors (Lipinski definition) is 2. The zero-order valence-corrected chi connectivity index (χ0v) is 14.5. The van der Waals surface area contributed by atoms with Crippen LogP contribution >= 0.6 is 0 Å². The Morgan fingerprint density at radius 3 is 2.54 bits per heavy atom. The first kappa shape index (κ1) is 17.9. The molecule has 3 amide bonds. The number of nitrogens with zero attached hydrogens (tertiary/aromatic N) is 1. The lowest BCUT2D eigenvalue weighted by atomic mass is 9.97. The number of piperidine rings is 1. The maximum absolute atomic E-state index is 12.9. The van der Waals surface area contributed by atoms with Crippen molar-refractivity contribution in [1.82, 2.24) is 10.2 Å². The van der Waals surface area contributed by atoms with Gasteiger partial charge in [0.15, 0.2) is 0 Å². The van der Waals surface area contributed by atoms with Gasteiger partial charge in [0.25, 0.3) is 0 Å². The zero-order valence-electron chi connectivity index (χ0n) is 14.5. The van der Waals surface area contributed by atoms with Gasteiger partial charge in [-0.1, -0.05) is 30.3 Å². The van der Waals surface area contributed by atoms with E-state index in [4.69, 9.17) is 0 Å². The highest BCUT2D eigenvalue weighted by molar-refractivity contribution is 5.90. The second-order valence-electron chi connectivity index (χ2n) is 6.43. The maximum Gasteiger partial charge on any atom is 0.321 e. The van der Waals surface area contributed by atoms with Crippen molar-refractivity contribution in [2.24, 2.45) is 5.92 Å². The summed E-state index contributed by atoms with van der Waals surface area (Å²) in [6.45, 7) is 1.47. The summed E-state index contributed by atoms with van der Waals surface area (Å²) >= 11 is 0. The van der Waals surface area contributed by atoms with Crippen LogP contribution in [0.25, 0.3) is 0 Å². The Morgan fingerprint density at radius 2 is 1.81 bits per heavy atom. The van der Waals surface area contributed by atoms with Crippen molar-refractivity contribution in [3.8, 4) is 0 Å². The lowest BCUT2D eigenvalue weighted by Gasteiger charge is -2.32. The predicted molar refractivity (Wildman–Crippen MR) is 98.0 cm³/mol. The molecule has 136 valence electrons. The maximum atomic E-state index is 12.9. The lowest BCUT2D eigenvalue weighted by molar-refractivity contribution is -0.126. The molecule has 0 saturated carbocycles. The number of amides is 3. The van der Waals surface area contributed by atoms with Crippen molar-refractivity contribution < 1.29 is 14.0 Å². The van der Waals surface area contributed by atoms with Crippen molar-refractivity contribution in [3.63, 3.8) is 0 Å². The summed E-state index contributed by atoms with van der Waals surface area (Å²) in [5.74, 6) is -0.601. The minimum atomic E-state index is -0.351. The van der Waals surface area contributed by atoms with Gasteiger partial charge in [-0.25, -0.2) is 9.18 Å². The average molecular weight is 355 g/mol. The third kappa shape index (κ3) is 4.81. The van der Waals surface area contributed by atoms with Gasteiger partial charge in [-0.3, -0.25) is 4.79 Å². The molecule has 5 nitrogen and oxygen atoms in total. The van der Waals surface area contributed by atoms with E-state index in [0.29, 0.717) is 25.3 Å². The number of benzene rings is 2. The summed E-state index contributed by atoms with van der Waals surface area (Å²) in [6.07, 6.45) is 1.54. The van der Waals surface area contributed by atoms with Gasteiger partial charge in [0, 0.05) is 25.3 Å². The number of carbonyl (C=O) groups excluding carboxylic acids is 2. The van der Waals surface area contributed by atoms with E-state index in [1.165, 1.54) is 24.3 Å². The van der Waals surface area contributed by atoms with Gasteiger partial charge >= 0.3 is 6.03 Å². The molecular weight excluding hydrogens is 333 g/mol. The fourth-order valence-corrected chi connectivity index (χ4v) is 3.04. The summed E-state index contributed by atoms with van der Waals surface area (Å²) < 4.78 is 12.9. The minimum absolute atomic E-state index is 0.0341. The van der Waals surface area contributed by atoms with Gasteiger partial charge in [0.1, 0.15) is 5.82 Å². The first-order valence-electron chi connectivity index (χ1n) is 8.75. The molecule has 1 saturated heterocycles. The molecule has 0 aromatic heterocycles. The number of anilines is 1. The summed E-state index contributed by atoms with van der Waals surface area (Å²) in [5.41, 5.74) is 1.58. The fourth-order valence-electron chi connectivity index (χ4n) is 3.04. The van der Waals surface area contributed by atoms with Crippen LogP contribution < -0.4 is 10.6 Å². The van der Waals surface area contributed by atoms with Crippen LogP contribution in [0, 0.1) is 11.7 Å². The van der Waals surface area contributed by atoms with Crippen molar-refractivity contribution in [1.29, 1.82) is 0 Å². The minimum Gasteiger partial charge on any atom is -0.352 e. The van der Waals surface area contributed by atoms with Gasteiger partial charge in [-0.15, -0.1) is 0 Å². The van der Waals surface area contributed by atoms with Crippen LogP contribution in [0.1, 0.15) is 18.4 Å². The number of nitrogens with one attached hydrogen (secondary N) is 2. The van der Waals surface area contributed by atoms with Crippen LogP contribution in [0.2, 0.25) is 0 Å². The fraction of sp³-hybridized carbons (Fsp3) is 0.300. The van der Waals surface area contributed by atoms with E-state index in [2.05, 4.69) is 10.6 Å². The Kier molecular flexibility index (Phi) is 5.84. The second-order valence-corrected chi connectivity index (χ2v) is 6.43. The number of likely N-dealkylation sites (tertiary alicyclic amines) is 1. The molecule has 2 N–H and O–H groups in total. The predicted octanol–water partition coefficient (Wildman–Crippen LogP) is 3.39. The van der Waals surface area contributed by atoms with Gasteiger partial charge in [-0.2, -0.15) is 0 Å². The Morgan fingerprint density at radius 1 is 1.08 bits per heavy atom. The van der Waals surface area contributed by atoms with Crippen molar-refractivity contribution in [2.45, 2.75) is 19.4 Å². The SMILES string of the molecule is O=C(NCc1ccccc1)C1CCCN(C(=O)Nc2ccc(F)cc2)C1. The highest BCUT2D eigenvalue weighted by Crippen LogP contribution is 2.18. The second kappa shape index (κ2) is 8.47. The molecule has 1 fully saturated rings. The highest BCUT2D eigenvalue weighted by Gasteiger charge is 2.28. The Hall–Kier alpha value is -2.89. The molecule has 0 radical (unpaired) electrons. The van der Waals surface area contributed by atoms with E-state index in [9.17, 15) is 14.0 Å². The zero-order chi connectivity index (χ0) is 18.4. The average Bonchev–Trinajstić information content (AvgIpc) is 2.69. The van der Waals surface area contributed by atoms with E-state index in [0.717, 1.165) is 18.4 Å². The lowest BCUT2D eigenvalue weighted by Crippen LogP contribution is -2.46. The Bertz CT molecular complexity index is 749. The van der Waals surface area contributed by atoms with Crippen LogP contribution in [-0.4, -0.2) is 29.9 Å². The summed E-state index contributed by atoms with van der Waals surface area (Å²) in [7, 11) is 0. The molecule has 2 aromatic rings. The number of carbonyl (C=O) groups is 2. The molecule has 0 aliphatic carbocycles. The molecule has 1 atom stereocenters. The van der Waals surface area contributed by atoms with Gasteiger partial charge in [0.2, 0.25) is 5.91 Å². The summed E-state index contributed by atoms with van der Waals surface area (Å²) in [5, 5.41) is 5.69. The molecular formula is C20H22FN3O2. The highest BCUT2D eigenvalue weighted by atomic mass is 19.1. The van der Waals surface area contributed by atoms with Gasteiger partial charge in [0.05, 0.1) is 5.92 Å². The summed E-state index contributed by atoms with van der Waals surface area (Å²) in [6, 6.07) is 15.1. The van der Waals surface area contributed by atoms with Crippen LogP contribution in [0.15, 0.2) is 54.6 Å². The molecule has 1 unspecified atom stereocenters. The van der Waals surface area contributed by atoms with Crippen LogP contribution in [-0.2, 0) is 11.3 Å². The molecule has 2 aromatic carbocycles. The quantitative estimate of drug-likeness (QED) is 0.883. The molecule has 1 heterocycles. The third-order valence-electron chi connectivity index (χ3n) is 4.48. The molecule has 0 bridgehead atoms. The monoisotopic (exact) mass is 355 g/mol. The Labute approximate surface area is 152 Å². The first-order chi connectivity index (χ1) is 12.6. The number of rotatable bonds is 4. The number of urea groups is 1. The number of hydrogen-bond donors (Lipinski definition) is 2. The van der Waals surface area contributed by atoms with Crippen LogP contribution in [0.3, 0.4) is 0 Å². The van der Waals surface area contributed by atoms with Gasteiger partial charge in [-0.05, 0) is 42.7 Å². The van der Waals surface area contributed by atoms with Crippen LogP contribution in [0.4, 0.5) is 14.9 Å². The van der Waals surface area contributed by atoms with E-state index in [-0.39, 0.29) is 23.7 Å². The molecule has 1 aliphatic rings. The van der Waals surface area contributed by atoms with E-state index < -0.39 is 0 Å². The van der Waals surface area contributed by atoms with E-state index in [1.54, 1.807) is 4.90 Å². The first-order valence-corrected chi connectivity index (χ1v) is 8.75. The van der Waals surface area contributed by atoms with Crippen molar-refractivity contribution in [2.75, 3.05) is 18.4 Å². The van der Waals surface area contributed by atoms with Crippen LogP contribution in [0.5, 0.6) is 0 Å². The third-order valence-corrected chi connectivity index (χ3v) is 4.48. The van der Waals surface area contributed by atoms with E-state index in [1.807, 2.05) is 30.3 Å². The molecule has 1 aliphatic heterocycles. The van der Waals surface area contributed by atoms with Crippen molar-refractivity contribution >= 4 is 17.6 Å². The largest absolute Gasteiger partial charge is 0.352 e. The standard InChI is InChI=1S/C20H22FN3O2/c21-17-8-10-18(11-9-17)23-20(26)24-12-4-7-16(14-24)19(25)22-13-15-5-2-1-3-6-15/h1-3,5-6,8-11,16H,4,7,12-14H2,(H,22,25)(H,23,26). The molecule has 3 rings (SSSR count). The normalized spacial score (nSPS) is 16.8. The molecule has 6 heteroatoms. The summed E-state index contributed by atoms with van der Waals surface area (Å²) in [4.78, 5) is 26.5.